The molecule has 0 aromatic carbocycles. The van der Waals surface area contributed by atoms with Crippen molar-refractivity contribution in [1.29, 1.82) is 0 Å². The smallest absolute Gasteiger partial charge is 0.339 e. The molecule has 1 aromatic rings. The number of nitrogens with one attached hydrogen (secondary N) is 1. The lowest BCUT2D eigenvalue weighted by Gasteiger charge is -2.34. The zero-order chi connectivity index (χ0) is 14.0. The lowest BCUT2D eigenvalue weighted by molar-refractivity contribution is -0.124. The van der Waals surface area contributed by atoms with Crippen LogP contribution in [0.2, 0.25) is 0 Å². The number of carboxylic acids is 1. The quantitative estimate of drug-likeness (QED) is 0.604. The molecule has 1 fully saturated rings. The van der Waals surface area contributed by atoms with Crippen LogP contribution in [0, 0.1) is 0 Å². The van der Waals surface area contributed by atoms with Gasteiger partial charge in [0.05, 0.1) is 11.9 Å². The minimum atomic E-state index is -1.02. The highest BCUT2D eigenvalue weighted by atomic mass is 16.4. The Morgan fingerprint density at radius 2 is 2.37 bits per heavy atom. The SMILES string of the molecule is Cn1ncc(C(=O)O)c1CN1CCNCC1C(N)=O. The number of amides is 1. The molecule has 0 spiro atoms. The molecular formula is C11H17N5O3. The number of piperazine rings is 1. The zero-order valence-corrected chi connectivity index (χ0v) is 10.7. The highest BCUT2D eigenvalue weighted by molar-refractivity contribution is 5.88. The summed E-state index contributed by atoms with van der Waals surface area (Å²) >= 11 is 0. The van der Waals surface area contributed by atoms with Crippen molar-refractivity contribution in [2.24, 2.45) is 12.8 Å². The number of primary amides is 1. The third-order valence-corrected chi connectivity index (χ3v) is 3.33. The van der Waals surface area contributed by atoms with Crippen LogP contribution >= 0.6 is 0 Å². The molecule has 0 radical (unpaired) electrons. The maximum atomic E-state index is 11.4. The van der Waals surface area contributed by atoms with Gasteiger partial charge in [-0.05, 0) is 0 Å². The molecule has 1 saturated heterocycles. The van der Waals surface area contributed by atoms with Gasteiger partial charge < -0.3 is 16.2 Å². The Bertz CT molecular complexity index is 499. The van der Waals surface area contributed by atoms with Crippen molar-refractivity contribution in [3.05, 3.63) is 17.5 Å². The first kappa shape index (κ1) is 13.5. The highest BCUT2D eigenvalue weighted by Crippen LogP contribution is 2.14. The van der Waals surface area contributed by atoms with Crippen LogP contribution in [0.25, 0.3) is 0 Å². The van der Waals surface area contributed by atoms with E-state index < -0.39 is 17.9 Å². The van der Waals surface area contributed by atoms with Gasteiger partial charge in [0.15, 0.2) is 0 Å². The standard InChI is InChI=1S/C11H17N5O3/c1-15-9(7(4-14-15)11(18)19)6-16-3-2-13-5-8(16)10(12)17/h4,8,13H,2-3,5-6H2,1H3,(H2,12,17)(H,18,19). The van der Waals surface area contributed by atoms with Gasteiger partial charge in [0.2, 0.25) is 5.91 Å². The van der Waals surface area contributed by atoms with E-state index in [0.717, 1.165) is 6.54 Å². The predicted octanol–water partition coefficient (Wildman–Crippen LogP) is -1.62. The fraction of sp³-hybridized carbons (Fsp3) is 0.545. The molecule has 1 aliphatic rings. The maximum absolute atomic E-state index is 11.4. The number of carboxylic acid groups (broad SMARTS) is 1. The maximum Gasteiger partial charge on any atom is 0.339 e. The molecule has 1 atom stereocenters. The molecule has 1 unspecified atom stereocenters. The number of hydrogen-bond donors (Lipinski definition) is 3. The number of hydrogen-bond acceptors (Lipinski definition) is 5. The Morgan fingerprint density at radius 3 is 3.00 bits per heavy atom. The van der Waals surface area contributed by atoms with Crippen molar-refractivity contribution in [1.82, 2.24) is 20.0 Å². The first-order chi connectivity index (χ1) is 9.00. The summed E-state index contributed by atoms with van der Waals surface area (Å²) in [4.78, 5) is 24.4. The van der Waals surface area contributed by atoms with Crippen LogP contribution in [0.1, 0.15) is 16.1 Å². The molecule has 0 aliphatic carbocycles. The lowest BCUT2D eigenvalue weighted by Crippen LogP contribution is -2.56. The van der Waals surface area contributed by atoms with Gasteiger partial charge in [0.1, 0.15) is 11.6 Å². The highest BCUT2D eigenvalue weighted by Gasteiger charge is 2.28. The summed E-state index contributed by atoms with van der Waals surface area (Å²) in [5, 5.41) is 16.2. The number of nitrogens with zero attached hydrogens (tertiary/aromatic N) is 3. The molecular weight excluding hydrogens is 250 g/mol. The number of nitrogens with two attached hydrogens (primary N) is 1. The van der Waals surface area contributed by atoms with Crippen LogP contribution in [0.5, 0.6) is 0 Å². The van der Waals surface area contributed by atoms with Gasteiger partial charge in [0, 0.05) is 33.2 Å². The summed E-state index contributed by atoms with van der Waals surface area (Å²) in [5.74, 6) is -1.43. The summed E-state index contributed by atoms with van der Waals surface area (Å²) in [6.45, 7) is 2.20. The van der Waals surface area contributed by atoms with E-state index in [1.54, 1.807) is 7.05 Å². The van der Waals surface area contributed by atoms with Gasteiger partial charge in [-0.3, -0.25) is 14.4 Å². The van der Waals surface area contributed by atoms with E-state index in [0.29, 0.717) is 25.3 Å². The van der Waals surface area contributed by atoms with E-state index >= 15 is 0 Å². The van der Waals surface area contributed by atoms with Crippen LogP contribution in [0.3, 0.4) is 0 Å². The second kappa shape index (κ2) is 5.37. The minimum absolute atomic E-state index is 0.157. The van der Waals surface area contributed by atoms with Crippen molar-refractivity contribution in [3.63, 3.8) is 0 Å². The molecule has 8 nitrogen and oxygen atoms in total. The normalized spacial score (nSPS) is 20.4. The van der Waals surface area contributed by atoms with E-state index in [1.807, 2.05) is 4.90 Å². The second-order valence-corrected chi connectivity index (χ2v) is 4.53. The van der Waals surface area contributed by atoms with Gasteiger partial charge in [0.25, 0.3) is 0 Å². The van der Waals surface area contributed by atoms with E-state index in [4.69, 9.17) is 10.8 Å². The predicted molar refractivity (Wildman–Crippen MR) is 66.4 cm³/mol. The Labute approximate surface area is 110 Å². The summed E-state index contributed by atoms with van der Waals surface area (Å²) in [7, 11) is 1.68. The van der Waals surface area contributed by atoms with Crippen LogP contribution in [-0.4, -0.2) is 57.3 Å². The van der Waals surface area contributed by atoms with Gasteiger partial charge in [-0.25, -0.2) is 4.79 Å². The van der Waals surface area contributed by atoms with Crippen LogP contribution < -0.4 is 11.1 Å². The molecule has 1 amide bonds. The average Bonchev–Trinajstić information content (AvgIpc) is 2.72. The molecule has 1 aromatic heterocycles. The van der Waals surface area contributed by atoms with Gasteiger partial charge in [-0.15, -0.1) is 0 Å². The minimum Gasteiger partial charge on any atom is -0.478 e. The van der Waals surface area contributed by atoms with E-state index in [9.17, 15) is 9.59 Å². The van der Waals surface area contributed by atoms with Crippen molar-refractivity contribution in [2.45, 2.75) is 12.6 Å². The molecule has 104 valence electrons. The van der Waals surface area contributed by atoms with Gasteiger partial charge in [-0.2, -0.15) is 5.10 Å². The van der Waals surface area contributed by atoms with Crippen LogP contribution in [0.4, 0.5) is 0 Å². The fourth-order valence-corrected chi connectivity index (χ4v) is 2.24. The zero-order valence-electron chi connectivity index (χ0n) is 10.7. The Hall–Kier alpha value is -1.93. The van der Waals surface area contributed by atoms with Crippen LogP contribution in [0.15, 0.2) is 6.20 Å². The number of aryl methyl sites for hydroxylation is 1. The van der Waals surface area contributed by atoms with Crippen molar-refractivity contribution >= 4 is 11.9 Å². The number of carbonyl (C=O) groups is 2. The first-order valence-electron chi connectivity index (χ1n) is 5.99. The topological polar surface area (TPSA) is 113 Å². The molecule has 0 saturated carbocycles. The summed E-state index contributed by atoms with van der Waals surface area (Å²) in [6.07, 6.45) is 1.32. The molecule has 19 heavy (non-hydrogen) atoms. The Kier molecular flexibility index (Phi) is 3.82. The fourth-order valence-electron chi connectivity index (χ4n) is 2.24. The third-order valence-electron chi connectivity index (χ3n) is 3.33. The molecule has 0 bridgehead atoms. The van der Waals surface area contributed by atoms with E-state index in [2.05, 4.69) is 10.4 Å². The summed E-state index contributed by atoms with van der Waals surface area (Å²) in [5.41, 5.74) is 6.09. The summed E-state index contributed by atoms with van der Waals surface area (Å²) < 4.78 is 1.52. The number of aromatic nitrogens is 2. The van der Waals surface area contributed by atoms with E-state index in [-0.39, 0.29) is 5.56 Å². The largest absolute Gasteiger partial charge is 0.478 e. The first-order valence-corrected chi connectivity index (χ1v) is 5.99. The van der Waals surface area contributed by atoms with E-state index in [1.165, 1.54) is 10.9 Å². The second-order valence-electron chi connectivity index (χ2n) is 4.53. The van der Waals surface area contributed by atoms with Crippen LogP contribution in [-0.2, 0) is 18.4 Å². The van der Waals surface area contributed by atoms with Crippen molar-refractivity contribution in [3.8, 4) is 0 Å². The van der Waals surface area contributed by atoms with Gasteiger partial charge >= 0.3 is 5.97 Å². The molecule has 4 N–H and O–H groups in total. The summed E-state index contributed by atoms with van der Waals surface area (Å²) in [6, 6.07) is -0.426. The van der Waals surface area contributed by atoms with Crippen molar-refractivity contribution in [2.75, 3.05) is 19.6 Å². The lowest BCUT2D eigenvalue weighted by atomic mass is 10.1. The van der Waals surface area contributed by atoms with Crippen molar-refractivity contribution < 1.29 is 14.7 Å². The monoisotopic (exact) mass is 267 g/mol. The number of carbonyl (C=O) groups excluding carboxylic acids is 1. The molecule has 2 rings (SSSR count). The average molecular weight is 267 g/mol. The number of rotatable bonds is 4. The Balaban J connectivity index is 2.21. The molecule has 2 heterocycles. The molecule has 8 heteroatoms. The third kappa shape index (κ3) is 2.74. The molecule has 1 aliphatic heterocycles. The van der Waals surface area contributed by atoms with Gasteiger partial charge in [-0.1, -0.05) is 0 Å². The number of aromatic carboxylic acids is 1. The Morgan fingerprint density at radius 1 is 1.63 bits per heavy atom.